The zero-order valence-electron chi connectivity index (χ0n) is 11.5. The summed E-state index contributed by atoms with van der Waals surface area (Å²) in [7, 11) is -3.58. The standard InChI is InChI=1S/C13H21BrN2O2S/c1-4-13(5-2,6-3)16-19(17,18)12-9-10(15)7-8-11(12)14/h7-9,16H,4-6,15H2,1-3H3. The Morgan fingerprint density at radius 3 is 2.21 bits per heavy atom. The topological polar surface area (TPSA) is 72.2 Å². The SMILES string of the molecule is CCC(CC)(CC)NS(=O)(=O)c1cc(N)ccc1Br. The molecular formula is C13H21BrN2O2S. The van der Waals surface area contributed by atoms with Crippen LogP contribution >= 0.6 is 15.9 Å². The molecule has 0 saturated heterocycles. The Labute approximate surface area is 124 Å². The number of anilines is 1. The van der Waals surface area contributed by atoms with Crippen molar-refractivity contribution in [2.24, 2.45) is 0 Å². The number of benzene rings is 1. The van der Waals surface area contributed by atoms with E-state index in [0.717, 1.165) is 19.3 Å². The van der Waals surface area contributed by atoms with Crippen molar-refractivity contribution in [3.63, 3.8) is 0 Å². The molecule has 0 aliphatic carbocycles. The lowest BCUT2D eigenvalue weighted by atomic mass is 9.91. The normalized spacial score (nSPS) is 12.6. The van der Waals surface area contributed by atoms with Crippen LogP contribution in [0, 0.1) is 0 Å². The van der Waals surface area contributed by atoms with Gasteiger partial charge in [0.25, 0.3) is 0 Å². The van der Waals surface area contributed by atoms with E-state index >= 15 is 0 Å². The molecule has 1 rings (SSSR count). The number of sulfonamides is 1. The fraction of sp³-hybridized carbons (Fsp3) is 0.538. The number of hydrogen-bond acceptors (Lipinski definition) is 3. The smallest absolute Gasteiger partial charge is 0.242 e. The Kier molecular flexibility index (Phi) is 5.41. The molecule has 0 bridgehead atoms. The molecular weight excluding hydrogens is 328 g/mol. The van der Waals surface area contributed by atoms with Gasteiger partial charge in [0.2, 0.25) is 10.0 Å². The first-order chi connectivity index (χ1) is 8.80. The van der Waals surface area contributed by atoms with Gasteiger partial charge in [-0.3, -0.25) is 0 Å². The minimum absolute atomic E-state index is 0.187. The molecule has 0 heterocycles. The molecule has 0 aliphatic heterocycles. The Bertz CT molecular complexity index is 531. The zero-order valence-corrected chi connectivity index (χ0v) is 13.9. The quantitative estimate of drug-likeness (QED) is 0.774. The molecule has 1 aromatic rings. The lowest BCUT2D eigenvalue weighted by molar-refractivity contribution is 0.341. The third-order valence-corrected chi connectivity index (χ3v) is 6.20. The summed E-state index contributed by atoms with van der Waals surface area (Å²) < 4.78 is 28.3. The minimum Gasteiger partial charge on any atom is -0.399 e. The monoisotopic (exact) mass is 348 g/mol. The summed E-state index contributed by atoms with van der Waals surface area (Å²) in [4.78, 5) is 0.187. The predicted octanol–water partition coefficient (Wildman–Crippen LogP) is 3.28. The van der Waals surface area contributed by atoms with Crippen molar-refractivity contribution >= 4 is 31.6 Å². The molecule has 0 radical (unpaired) electrons. The molecule has 6 heteroatoms. The van der Waals surface area contributed by atoms with Gasteiger partial charge in [-0.1, -0.05) is 20.8 Å². The molecule has 0 atom stereocenters. The van der Waals surface area contributed by atoms with E-state index in [1.165, 1.54) is 6.07 Å². The summed E-state index contributed by atoms with van der Waals surface area (Å²) in [5, 5.41) is 0. The first kappa shape index (κ1) is 16.5. The molecule has 4 nitrogen and oxygen atoms in total. The van der Waals surface area contributed by atoms with Crippen LogP contribution in [-0.4, -0.2) is 14.0 Å². The van der Waals surface area contributed by atoms with E-state index in [0.29, 0.717) is 10.2 Å². The van der Waals surface area contributed by atoms with E-state index in [1.54, 1.807) is 12.1 Å². The van der Waals surface area contributed by atoms with Gasteiger partial charge in [-0.2, -0.15) is 0 Å². The summed E-state index contributed by atoms with van der Waals surface area (Å²) in [6.07, 6.45) is 2.25. The fourth-order valence-corrected chi connectivity index (χ4v) is 4.65. The maximum Gasteiger partial charge on any atom is 0.242 e. The van der Waals surface area contributed by atoms with E-state index in [9.17, 15) is 8.42 Å². The molecule has 0 unspecified atom stereocenters. The highest BCUT2D eigenvalue weighted by Gasteiger charge is 2.31. The lowest BCUT2D eigenvalue weighted by Gasteiger charge is -2.31. The van der Waals surface area contributed by atoms with Crippen molar-refractivity contribution in [1.82, 2.24) is 4.72 Å². The molecule has 0 fully saturated rings. The highest BCUT2D eigenvalue weighted by Crippen LogP contribution is 2.28. The van der Waals surface area contributed by atoms with Crippen LogP contribution in [0.15, 0.2) is 27.6 Å². The highest BCUT2D eigenvalue weighted by atomic mass is 79.9. The van der Waals surface area contributed by atoms with Crippen molar-refractivity contribution < 1.29 is 8.42 Å². The Morgan fingerprint density at radius 2 is 1.74 bits per heavy atom. The first-order valence-corrected chi connectivity index (χ1v) is 8.67. The maximum absolute atomic E-state index is 12.5. The van der Waals surface area contributed by atoms with Crippen molar-refractivity contribution in [2.75, 3.05) is 5.73 Å². The van der Waals surface area contributed by atoms with E-state index in [4.69, 9.17) is 5.73 Å². The molecule has 108 valence electrons. The molecule has 0 spiro atoms. The van der Waals surface area contributed by atoms with E-state index < -0.39 is 15.6 Å². The van der Waals surface area contributed by atoms with Crippen LogP contribution in [0.5, 0.6) is 0 Å². The number of nitrogens with two attached hydrogens (primary N) is 1. The van der Waals surface area contributed by atoms with Crippen LogP contribution in [0.1, 0.15) is 40.0 Å². The number of hydrogen-bond donors (Lipinski definition) is 2. The Balaban J connectivity index is 3.21. The second-order valence-electron chi connectivity index (χ2n) is 4.64. The summed E-state index contributed by atoms with van der Waals surface area (Å²) in [5.41, 5.74) is 5.70. The van der Waals surface area contributed by atoms with Gasteiger partial charge in [-0.05, 0) is 53.4 Å². The van der Waals surface area contributed by atoms with Gasteiger partial charge in [-0.25, -0.2) is 13.1 Å². The van der Waals surface area contributed by atoms with Gasteiger partial charge in [0.05, 0.1) is 4.90 Å². The summed E-state index contributed by atoms with van der Waals surface area (Å²) in [6, 6.07) is 4.78. The number of halogens is 1. The van der Waals surface area contributed by atoms with Gasteiger partial charge < -0.3 is 5.73 Å². The van der Waals surface area contributed by atoms with Gasteiger partial charge >= 0.3 is 0 Å². The van der Waals surface area contributed by atoms with Crippen LogP contribution in [0.2, 0.25) is 0 Å². The second kappa shape index (κ2) is 6.24. The molecule has 0 aromatic heterocycles. The molecule has 19 heavy (non-hydrogen) atoms. The van der Waals surface area contributed by atoms with Crippen LogP contribution in [-0.2, 0) is 10.0 Å². The largest absolute Gasteiger partial charge is 0.399 e. The molecule has 0 saturated carbocycles. The van der Waals surface area contributed by atoms with Crippen molar-refractivity contribution in [1.29, 1.82) is 0 Å². The van der Waals surface area contributed by atoms with E-state index in [2.05, 4.69) is 20.7 Å². The predicted molar refractivity (Wildman–Crippen MR) is 82.5 cm³/mol. The third kappa shape index (κ3) is 3.70. The zero-order chi connectivity index (χ0) is 14.7. The average Bonchev–Trinajstić information content (AvgIpc) is 2.39. The van der Waals surface area contributed by atoms with Gasteiger partial charge in [0.1, 0.15) is 0 Å². The highest BCUT2D eigenvalue weighted by molar-refractivity contribution is 9.10. The molecule has 0 aliphatic rings. The third-order valence-electron chi connectivity index (χ3n) is 3.63. The summed E-state index contributed by atoms with van der Waals surface area (Å²) in [5.74, 6) is 0. The Morgan fingerprint density at radius 1 is 1.21 bits per heavy atom. The van der Waals surface area contributed by atoms with Crippen molar-refractivity contribution in [3.05, 3.63) is 22.7 Å². The lowest BCUT2D eigenvalue weighted by Crippen LogP contribution is -2.47. The van der Waals surface area contributed by atoms with Crippen LogP contribution in [0.3, 0.4) is 0 Å². The first-order valence-electron chi connectivity index (χ1n) is 6.39. The molecule has 0 amide bonds. The van der Waals surface area contributed by atoms with E-state index in [1.807, 2.05) is 20.8 Å². The van der Waals surface area contributed by atoms with Crippen LogP contribution in [0.4, 0.5) is 5.69 Å². The molecule has 1 aromatic carbocycles. The number of nitrogens with one attached hydrogen (secondary N) is 1. The van der Waals surface area contributed by atoms with Crippen molar-refractivity contribution in [3.8, 4) is 0 Å². The molecule has 3 N–H and O–H groups in total. The van der Waals surface area contributed by atoms with Crippen molar-refractivity contribution in [2.45, 2.75) is 50.5 Å². The van der Waals surface area contributed by atoms with Gasteiger partial charge in [0, 0.05) is 15.7 Å². The van der Waals surface area contributed by atoms with Gasteiger partial charge in [-0.15, -0.1) is 0 Å². The average molecular weight is 349 g/mol. The maximum atomic E-state index is 12.5. The van der Waals surface area contributed by atoms with Gasteiger partial charge in [0.15, 0.2) is 0 Å². The van der Waals surface area contributed by atoms with Crippen LogP contribution < -0.4 is 10.5 Å². The summed E-state index contributed by atoms with van der Waals surface area (Å²) in [6.45, 7) is 5.97. The Hall–Kier alpha value is -0.590. The minimum atomic E-state index is -3.58. The fourth-order valence-electron chi connectivity index (χ4n) is 2.03. The van der Waals surface area contributed by atoms with E-state index in [-0.39, 0.29) is 4.90 Å². The van der Waals surface area contributed by atoms with Crippen LogP contribution in [0.25, 0.3) is 0 Å². The summed E-state index contributed by atoms with van der Waals surface area (Å²) >= 11 is 3.26. The number of rotatable bonds is 6. The second-order valence-corrected chi connectivity index (χ2v) is 7.14. The number of nitrogen functional groups attached to an aromatic ring is 1.